The van der Waals surface area contributed by atoms with Crippen LogP contribution in [0.25, 0.3) is 6.08 Å². The summed E-state index contributed by atoms with van der Waals surface area (Å²) in [4.78, 5) is 12.6. The van der Waals surface area contributed by atoms with Crippen LogP contribution in [0.5, 0.6) is 5.75 Å². The zero-order valence-corrected chi connectivity index (χ0v) is 21.0. The molecule has 3 aromatic rings. The van der Waals surface area contributed by atoms with E-state index < -0.39 is 5.91 Å². The fraction of sp³-hybridized carbons (Fsp3) is 0.120. The maximum absolute atomic E-state index is 12.6. The van der Waals surface area contributed by atoms with Gasteiger partial charge in [-0.1, -0.05) is 53.0 Å². The molecule has 0 aliphatic rings. The van der Waals surface area contributed by atoms with Gasteiger partial charge in [-0.3, -0.25) is 4.79 Å². The van der Waals surface area contributed by atoms with Crippen molar-refractivity contribution in [3.63, 3.8) is 0 Å². The van der Waals surface area contributed by atoms with Crippen molar-refractivity contribution in [2.45, 2.75) is 20.5 Å². The minimum absolute atomic E-state index is 0.0651. The van der Waals surface area contributed by atoms with Crippen molar-refractivity contribution in [2.24, 2.45) is 0 Å². The minimum atomic E-state index is -0.509. The molecule has 0 radical (unpaired) electrons. The van der Waals surface area contributed by atoms with Gasteiger partial charge in [-0.05, 0) is 89.5 Å². The van der Waals surface area contributed by atoms with Gasteiger partial charge < -0.3 is 10.1 Å². The molecule has 4 nitrogen and oxygen atoms in total. The highest BCUT2D eigenvalue weighted by Crippen LogP contribution is 2.35. The Balaban J connectivity index is 1.77. The highest BCUT2D eigenvalue weighted by atomic mass is 127. The summed E-state index contributed by atoms with van der Waals surface area (Å²) in [6.07, 6.45) is 1.44. The van der Waals surface area contributed by atoms with Gasteiger partial charge in [0, 0.05) is 9.26 Å². The third-order valence-electron chi connectivity index (χ3n) is 4.62. The van der Waals surface area contributed by atoms with Crippen molar-refractivity contribution in [1.82, 2.24) is 0 Å². The van der Waals surface area contributed by atoms with Crippen LogP contribution in [0.2, 0.25) is 10.0 Å². The third kappa shape index (κ3) is 6.26. The molecule has 7 heteroatoms. The Kier molecular flexibility index (Phi) is 8.19. The number of hydrogen-bond donors (Lipinski definition) is 1. The summed E-state index contributed by atoms with van der Waals surface area (Å²) in [6.45, 7) is 4.18. The SMILES string of the molecule is Cc1ccc(NC(=O)/C(C#N)=C/c2cc(Cl)c(OCc3ccc(I)cc3)c(Cl)c2)c(C)c1. The van der Waals surface area contributed by atoms with Gasteiger partial charge >= 0.3 is 0 Å². The van der Waals surface area contributed by atoms with E-state index in [1.165, 1.54) is 6.08 Å². The molecule has 32 heavy (non-hydrogen) atoms. The molecule has 0 unspecified atom stereocenters. The Morgan fingerprint density at radius 1 is 1.09 bits per heavy atom. The maximum Gasteiger partial charge on any atom is 0.266 e. The van der Waals surface area contributed by atoms with E-state index in [9.17, 15) is 10.1 Å². The molecule has 3 rings (SSSR count). The Labute approximate surface area is 210 Å². The standard InChI is InChI=1S/C25H19Cl2IN2O2/c1-15-3-8-23(16(2)9-15)30-25(31)19(13-29)10-18-11-21(26)24(22(27)12-18)32-14-17-4-6-20(28)7-5-17/h3-12H,14H2,1-2H3,(H,30,31)/b19-10+. The molecular formula is C25H19Cl2IN2O2. The summed E-state index contributed by atoms with van der Waals surface area (Å²) < 4.78 is 6.93. The monoisotopic (exact) mass is 576 g/mol. The second-order valence-electron chi connectivity index (χ2n) is 7.17. The molecule has 0 fully saturated rings. The number of carbonyl (C=O) groups excluding carboxylic acids is 1. The van der Waals surface area contributed by atoms with E-state index in [1.54, 1.807) is 12.1 Å². The quantitative estimate of drug-likeness (QED) is 0.190. The molecule has 0 saturated heterocycles. The lowest BCUT2D eigenvalue weighted by molar-refractivity contribution is -0.112. The first-order valence-electron chi connectivity index (χ1n) is 9.63. The predicted octanol–water partition coefficient (Wildman–Crippen LogP) is 7.34. The molecule has 0 spiro atoms. The van der Waals surface area contributed by atoms with E-state index in [0.29, 0.717) is 33.7 Å². The largest absolute Gasteiger partial charge is 0.486 e. The van der Waals surface area contributed by atoms with Gasteiger partial charge in [-0.15, -0.1) is 0 Å². The molecule has 0 aliphatic carbocycles. The second-order valence-corrected chi connectivity index (χ2v) is 9.23. The number of amides is 1. The fourth-order valence-electron chi connectivity index (χ4n) is 3.00. The molecule has 1 amide bonds. The van der Waals surface area contributed by atoms with Gasteiger partial charge in [0.2, 0.25) is 0 Å². The Hall–Kier alpha value is -2.53. The first-order chi connectivity index (χ1) is 15.3. The van der Waals surface area contributed by atoms with Crippen molar-refractivity contribution in [3.8, 4) is 11.8 Å². The Morgan fingerprint density at radius 3 is 2.34 bits per heavy atom. The van der Waals surface area contributed by atoms with Crippen LogP contribution in [0.4, 0.5) is 5.69 Å². The van der Waals surface area contributed by atoms with Gasteiger partial charge in [-0.25, -0.2) is 0 Å². The van der Waals surface area contributed by atoms with Gasteiger partial charge in [0.15, 0.2) is 5.75 Å². The summed E-state index contributed by atoms with van der Waals surface area (Å²) in [5.74, 6) is -0.159. The average molecular weight is 577 g/mol. The minimum Gasteiger partial charge on any atom is -0.486 e. The van der Waals surface area contributed by atoms with Crippen LogP contribution >= 0.6 is 45.8 Å². The van der Waals surface area contributed by atoms with Gasteiger partial charge in [0.1, 0.15) is 18.2 Å². The molecule has 0 heterocycles. The van der Waals surface area contributed by atoms with Crippen molar-refractivity contribution in [1.29, 1.82) is 5.26 Å². The molecule has 162 valence electrons. The molecule has 0 saturated carbocycles. The van der Waals surface area contributed by atoms with E-state index >= 15 is 0 Å². The topological polar surface area (TPSA) is 62.1 Å². The number of hydrogen-bond acceptors (Lipinski definition) is 3. The molecule has 0 bridgehead atoms. The average Bonchev–Trinajstić information content (AvgIpc) is 2.74. The summed E-state index contributed by atoms with van der Waals surface area (Å²) in [5, 5.41) is 12.9. The lowest BCUT2D eigenvalue weighted by Crippen LogP contribution is -2.14. The van der Waals surface area contributed by atoms with Crippen LogP contribution in [0.3, 0.4) is 0 Å². The van der Waals surface area contributed by atoms with Gasteiger partial charge in [-0.2, -0.15) is 5.26 Å². The number of halogens is 3. The van der Waals surface area contributed by atoms with E-state index in [1.807, 2.05) is 62.4 Å². The lowest BCUT2D eigenvalue weighted by Gasteiger charge is -2.12. The first-order valence-corrected chi connectivity index (χ1v) is 11.5. The van der Waals surface area contributed by atoms with Crippen LogP contribution < -0.4 is 10.1 Å². The summed E-state index contributed by atoms with van der Waals surface area (Å²) in [7, 11) is 0. The number of rotatable bonds is 6. The van der Waals surface area contributed by atoms with E-state index in [-0.39, 0.29) is 5.57 Å². The number of anilines is 1. The number of nitrogens with zero attached hydrogens (tertiary/aromatic N) is 1. The van der Waals surface area contributed by atoms with E-state index in [0.717, 1.165) is 20.3 Å². The van der Waals surface area contributed by atoms with Gasteiger partial charge in [0.25, 0.3) is 5.91 Å². The van der Waals surface area contributed by atoms with E-state index in [2.05, 4.69) is 27.9 Å². The third-order valence-corrected chi connectivity index (χ3v) is 5.90. The zero-order valence-electron chi connectivity index (χ0n) is 17.4. The van der Waals surface area contributed by atoms with Crippen molar-refractivity contribution in [2.75, 3.05) is 5.32 Å². The molecule has 1 N–H and O–H groups in total. The zero-order chi connectivity index (χ0) is 23.3. The lowest BCUT2D eigenvalue weighted by atomic mass is 10.1. The summed E-state index contributed by atoms with van der Waals surface area (Å²) in [6, 6.07) is 18.7. The number of benzene rings is 3. The number of ether oxygens (including phenoxy) is 1. The Morgan fingerprint density at radius 2 is 1.75 bits per heavy atom. The van der Waals surface area contributed by atoms with Crippen LogP contribution in [0, 0.1) is 28.7 Å². The van der Waals surface area contributed by atoms with Crippen LogP contribution in [-0.2, 0) is 11.4 Å². The Bertz CT molecular complexity index is 1210. The highest BCUT2D eigenvalue weighted by molar-refractivity contribution is 14.1. The molecule has 0 aromatic heterocycles. The molecule has 0 atom stereocenters. The summed E-state index contributed by atoms with van der Waals surface area (Å²) >= 11 is 15.0. The van der Waals surface area contributed by atoms with Crippen molar-refractivity contribution >= 4 is 63.5 Å². The molecule has 3 aromatic carbocycles. The summed E-state index contributed by atoms with van der Waals surface area (Å²) in [5.41, 5.74) is 4.09. The van der Waals surface area contributed by atoms with Crippen LogP contribution in [0.1, 0.15) is 22.3 Å². The van der Waals surface area contributed by atoms with Crippen LogP contribution in [-0.4, -0.2) is 5.91 Å². The van der Waals surface area contributed by atoms with Crippen molar-refractivity contribution in [3.05, 3.63) is 96.0 Å². The van der Waals surface area contributed by atoms with Crippen molar-refractivity contribution < 1.29 is 9.53 Å². The van der Waals surface area contributed by atoms with Crippen LogP contribution in [0.15, 0.2) is 60.2 Å². The maximum atomic E-state index is 12.6. The van der Waals surface area contributed by atoms with E-state index in [4.69, 9.17) is 27.9 Å². The predicted molar refractivity (Wildman–Crippen MR) is 138 cm³/mol. The second kappa shape index (κ2) is 10.9. The highest BCUT2D eigenvalue weighted by Gasteiger charge is 2.14. The smallest absolute Gasteiger partial charge is 0.266 e. The first kappa shape index (κ1) is 24.1. The number of nitrogens with one attached hydrogen (secondary N) is 1. The number of aryl methyl sites for hydroxylation is 2. The number of nitriles is 1. The fourth-order valence-corrected chi connectivity index (χ4v) is 3.97. The molecule has 0 aliphatic heterocycles. The van der Waals surface area contributed by atoms with Gasteiger partial charge in [0.05, 0.1) is 10.0 Å². The molecular weight excluding hydrogens is 558 g/mol. The number of carbonyl (C=O) groups is 1. The normalized spacial score (nSPS) is 11.1.